The standard InChI is InChI=1S/C11H14BrNOS/c1-11(2,7-3-6-10(14)13-7)8-4-5-9(12)15-8/h4-5,7H,3,6H2,1-2H3,(H,13,14). The van der Waals surface area contributed by atoms with Crippen LogP contribution in [0.4, 0.5) is 0 Å². The summed E-state index contributed by atoms with van der Waals surface area (Å²) in [7, 11) is 0. The van der Waals surface area contributed by atoms with Gasteiger partial charge in [-0.15, -0.1) is 11.3 Å². The highest BCUT2D eigenvalue weighted by Gasteiger charge is 2.36. The quantitative estimate of drug-likeness (QED) is 0.890. The SMILES string of the molecule is CC(C)(c1ccc(Br)s1)C1CCC(=O)N1. The van der Waals surface area contributed by atoms with Crippen LogP contribution in [-0.2, 0) is 10.2 Å². The molecule has 1 aromatic rings. The molecule has 1 unspecified atom stereocenters. The smallest absolute Gasteiger partial charge is 0.220 e. The van der Waals surface area contributed by atoms with Gasteiger partial charge in [-0.1, -0.05) is 13.8 Å². The number of halogens is 1. The van der Waals surface area contributed by atoms with E-state index in [1.807, 2.05) is 0 Å². The van der Waals surface area contributed by atoms with Gasteiger partial charge in [0.15, 0.2) is 0 Å². The Morgan fingerprint density at radius 2 is 2.27 bits per heavy atom. The molecule has 1 N–H and O–H groups in total. The maximum atomic E-state index is 11.2. The number of thiophene rings is 1. The molecular weight excluding hydrogens is 274 g/mol. The number of hydrogen-bond donors (Lipinski definition) is 1. The molecule has 4 heteroatoms. The molecule has 0 aromatic carbocycles. The fourth-order valence-electron chi connectivity index (χ4n) is 1.99. The fraction of sp³-hybridized carbons (Fsp3) is 0.545. The van der Waals surface area contributed by atoms with E-state index in [9.17, 15) is 4.79 Å². The van der Waals surface area contributed by atoms with Crippen LogP contribution in [0.3, 0.4) is 0 Å². The van der Waals surface area contributed by atoms with Gasteiger partial charge in [0.2, 0.25) is 5.91 Å². The molecule has 0 spiro atoms. The van der Waals surface area contributed by atoms with Crippen LogP contribution in [0.5, 0.6) is 0 Å². The first-order valence-electron chi connectivity index (χ1n) is 5.05. The van der Waals surface area contributed by atoms with Crippen LogP contribution < -0.4 is 5.32 Å². The zero-order valence-electron chi connectivity index (χ0n) is 8.84. The van der Waals surface area contributed by atoms with Gasteiger partial charge in [0.05, 0.1) is 3.79 Å². The lowest BCUT2D eigenvalue weighted by atomic mass is 9.82. The first-order chi connectivity index (χ1) is 7.00. The normalized spacial score (nSPS) is 21.8. The van der Waals surface area contributed by atoms with Gasteiger partial charge in [-0.25, -0.2) is 0 Å². The van der Waals surface area contributed by atoms with Crippen molar-refractivity contribution in [3.63, 3.8) is 0 Å². The third kappa shape index (κ3) is 2.11. The summed E-state index contributed by atoms with van der Waals surface area (Å²) in [5, 5.41) is 3.05. The highest BCUT2D eigenvalue weighted by molar-refractivity contribution is 9.11. The van der Waals surface area contributed by atoms with Crippen LogP contribution >= 0.6 is 27.3 Å². The Morgan fingerprint density at radius 1 is 1.53 bits per heavy atom. The minimum absolute atomic E-state index is 0.0306. The minimum atomic E-state index is 0.0306. The molecule has 15 heavy (non-hydrogen) atoms. The van der Waals surface area contributed by atoms with Gasteiger partial charge >= 0.3 is 0 Å². The second-order valence-electron chi connectivity index (χ2n) is 4.48. The third-order valence-corrected chi connectivity index (χ3v) is 5.04. The zero-order valence-corrected chi connectivity index (χ0v) is 11.2. The van der Waals surface area contributed by atoms with Crippen LogP contribution in [0.25, 0.3) is 0 Å². The predicted octanol–water partition coefficient (Wildman–Crippen LogP) is 3.07. The van der Waals surface area contributed by atoms with E-state index in [-0.39, 0.29) is 17.4 Å². The van der Waals surface area contributed by atoms with Crippen LogP contribution in [0.2, 0.25) is 0 Å². The van der Waals surface area contributed by atoms with Gasteiger partial charge in [-0.05, 0) is 34.5 Å². The lowest BCUT2D eigenvalue weighted by Gasteiger charge is -2.30. The van der Waals surface area contributed by atoms with Crippen molar-refractivity contribution in [3.05, 3.63) is 20.8 Å². The highest BCUT2D eigenvalue weighted by atomic mass is 79.9. The van der Waals surface area contributed by atoms with Gasteiger partial charge in [0, 0.05) is 22.8 Å². The molecule has 2 rings (SSSR count). The van der Waals surface area contributed by atoms with Crippen molar-refractivity contribution in [3.8, 4) is 0 Å². The van der Waals surface area contributed by atoms with E-state index in [1.54, 1.807) is 11.3 Å². The van der Waals surface area contributed by atoms with Gasteiger partial charge in [-0.2, -0.15) is 0 Å². The minimum Gasteiger partial charge on any atom is -0.352 e. The molecule has 2 nitrogen and oxygen atoms in total. The van der Waals surface area contributed by atoms with E-state index in [1.165, 1.54) is 4.88 Å². The monoisotopic (exact) mass is 287 g/mol. The Labute approximate surface area is 102 Å². The van der Waals surface area contributed by atoms with Gasteiger partial charge in [0.1, 0.15) is 0 Å². The fourth-order valence-corrected chi connectivity index (χ4v) is 3.53. The second-order valence-corrected chi connectivity index (χ2v) is 6.95. The van der Waals surface area contributed by atoms with Crippen molar-refractivity contribution in [2.45, 2.75) is 38.1 Å². The zero-order chi connectivity index (χ0) is 11.1. The molecule has 0 radical (unpaired) electrons. The number of nitrogens with one attached hydrogen (secondary N) is 1. The maximum absolute atomic E-state index is 11.2. The lowest BCUT2D eigenvalue weighted by Crippen LogP contribution is -2.41. The molecule has 1 aliphatic heterocycles. The molecule has 0 bridgehead atoms. The van der Waals surface area contributed by atoms with Gasteiger partial charge < -0.3 is 5.32 Å². The Hall–Kier alpha value is -0.350. The molecule has 2 heterocycles. The molecule has 0 saturated carbocycles. The molecule has 1 amide bonds. The van der Waals surface area contributed by atoms with Crippen molar-refractivity contribution in [2.75, 3.05) is 0 Å². The first kappa shape index (κ1) is 11.1. The van der Waals surface area contributed by atoms with Gasteiger partial charge in [-0.3, -0.25) is 4.79 Å². The van der Waals surface area contributed by atoms with Crippen molar-refractivity contribution in [2.24, 2.45) is 0 Å². The number of rotatable bonds is 2. The molecule has 1 aromatic heterocycles. The summed E-state index contributed by atoms with van der Waals surface area (Å²) in [6, 6.07) is 4.48. The summed E-state index contributed by atoms with van der Waals surface area (Å²) in [5.74, 6) is 0.184. The van der Waals surface area contributed by atoms with E-state index in [0.29, 0.717) is 6.42 Å². The summed E-state index contributed by atoms with van der Waals surface area (Å²) in [6.45, 7) is 4.39. The first-order valence-corrected chi connectivity index (χ1v) is 6.66. The predicted molar refractivity (Wildman–Crippen MR) is 66.2 cm³/mol. The van der Waals surface area contributed by atoms with Crippen molar-refractivity contribution in [1.82, 2.24) is 5.32 Å². The Morgan fingerprint density at radius 3 is 2.73 bits per heavy atom. The van der Waals surface area contributed by atoms with Crippen LogP contribution in [-0.4, -0.2) is 11.9 Å². The molecule has 1 saturated heterocycles. The van der Waals surface area contributed by atoms with E-state index in [0.717, 1.165) is 10.2 Å². The van der Waals surface area contributed by atoms with E-state index >= 15 is 0 Å². The second kappa shape index (κ2) is 3.91. The topological polar surface area (TPSA) is 29.1 Å². The van der Waals surface area contributed by atoms with Crippen molar-refractivity contribution < 1.29 is 4.79 Å². The molecule has 0 aliphatic carbocycles. The summed E-state index contributed by atoms with van der Waals surface area (Å²) < 4.78 is 1.15. The molecule has 1 fully saturated rings. The third-order valence-electron chi connectivity index (χ3n) is 3.07. The lowest BCUT2D eigenvalue weighted by molar-refractivity contribution is -0.119. The van der Waals surface area contributed by atoms with Crippen LogP contribution in [0, 0.1) is 0 Å². The summed E-state index contributed by atoms with van der Waals surface area (Å²) in [5.41, 5.74) is 0.0306. The Kier molecular flexibility index (Phi) is 2.90. The Balaban J connectivity index is 2.22. The van der Waals surface area contributed by atoms with Crippen molar-refractivity contribution in [1.29, 1.82) is 0 Å². The number of carbonyl (C=O) groups excluding carboxylic acids is 1. The largest absolute Gasteiger partial charge is 0.352 e. The highest BCUT2D eigenvalue weighted by Crippen LogP contribution is 2.37. The van der Waals surface area contributed by atoms with Crippen LogP contribution in [0.1, 0.15) is 31.6 Å². The molecule has 1 aliphatic rings. The maximum Gasteiger partial charge on any atom is 0.220 e. The van der Waals surface area contributed by atoms with Crippen LogP contribution in [0.15, 0.2) is 15.9 Å². The molecule has 1 atom stereocenters. The molecular formula is C11H14BrNOS. The number of hydrogen-bond acceptors (Lipinski definition) is 2. The van der Waals surface area contributed by atoms with Gasteiger partial charge in [0.25, 0.3) is 0 Å². The molecule has 82 valence electrons. The van der Waals surface area contributed by atoms with Crippen molar-refractivity contribution >= 4 is 33.2 Å². The van der Waals surface area contributed by atoms with E-state index in [4.69, 9.17) is 0 Å². The van der Waals surface area contributed by atoms with E-state index in [2.05, 4.69) is 47.2 Å². The average molecular weight is 288 g/mol. The average Bonchev–Trinajstić information content (AvgIpc) is 2.74. The summed E-state index contributed by atoms with van der Waals surface area (Å²) in [6.07, 6.45) is 1.61. The number of carbonyl (C=O) groups is 1. The summed E-state index contributed by atoms with van der Waals surface area (Å²) in [4.78, 5) is 12.5. The number of amides is 1. The Bertz CT molecular complexity index is 386. The summed E-state index contributed by atoms with van der Waals surface area (Å²) >= 11 is 5.22. The van der Waals surface area contributed by atoms with E-state index < -0.39 is 0 Å².